The van der Waals surface area contributed by atoms with Crippen molar-refractivity contribution in [2.24, 2.45) is 0 Å². The normalized spacial score (nSPS) is 11.1. The molecule has 0 fully saturated rings. The van der Waals surface area contributed by atoms with E-state index in [1.165, 1.54) is 11.1 Å². The zero-order valence-electron chi connectivity index (χ0n) is 9.18. The molecule has 80 valence electrons. The number of aromatic amines is 2. The molecular formula is C12H16N2O. The van der Waals surface area contributed by atoms with E-state index in [0.717, 1.165) is 30.3 Å². The van der Waals surface area contributed by atoms with Gasteiger partial charge in [-0.25, -0.2) is 4.79 Å². The number of fused-ring (bicyclic) bond motifs is 1. The monoisotopic (exact) mass is 204 g/mol. The third-order valence-electron chi connectivity index (χ3n) is 2.76. The number of imidazole rings is 1. The fraction of sp³-hybridized carbons (Fsp3) is 0.417. The van der Waals surface area contributed by atoms with Crippen molar-refractivity contribution >= 4 is 11.0 Å². The number of rotatable bonds is 3. The predicted octanol–water partition coefficient (Wildman–Crippen LogP) is 2.37. The Hall–Kier alpha value is -1.51. The van der Waals surface area contributed by atoms with Crippen LogP contribution in [0.15, 0.2) is 16.9 Å². The van der Waals surface area contributed by atoms with Gasteiger partial charge in [0, 0.05) is 0 Å². The lowest BCUT2D eigenvalue weighted by atomic mass is 10.0. The smallest absolute Gasteiger partial charge is 0.305 e. The van der Waals surface area contributed by atoms with Crippen LogP contribution in [0, 0.1) is 0 Å². The molecule has 0 saturated heterocycles. The van der Waals surface area contributed by atoms with E-state index >= 15 is 0 Å². The minimum atomic E-state index is -0.108. The van der Waals surface area contributed by atoms with Crippen LogP contribution in [0.4, 0.5) is 0 Å². The minimum absolute atomic E-state index is 0.108. The third-order valence-corrected chi connectivity index (χ3v) is 2.76. The Morgan fingerprint density at radius 3 is 2.27 bits per heavy atom. The van der Waals surface area contributed by atoms with Crippen molar-refractivity contribution in [3.05, 3.63) is 33.7 Å². The van der Waals surface area contributed by atoms with Gasteiger partial charge in [0.2, 0.25) is 0 Å². The van der Waals surface area contributed by atoms with E-state index in [1.807, 2.05) is 0 Å². The summed E-state index contributed by atoms with van der Waals surface area (Å²) in [5.74, 6) is 0. The molecule has 0 unspecified atom stereocenters. The van der Waals surface area contributed by atoms with Gasteiger partial charge in [-0.2, -0.15) is 0 Å². The summed E-state index contributed by atoms with van der Waals surface area (Å²) in [6.45, 7) is 4.24. The highest BCUT2D eigenvalue weighted by Gasteiger charge is 2.07. The van der Waals surface area contributed by atoms with Gasteiger partial charge in [-0.1, -0.05) is 32.4 Å². The van der Waals surface area contributed by atoms with Crippen LogP contribution in [-0.4, -0.2) is 9.97 Å². The number of benzene rings is 1. The van der Waals surface area contributed by atoms with Crippen LogP contribution in [-0.2, 0) is 12.8 Å². The van der Waals surface area contributed by atoms with E-state index in [1.54, 1.807) is 0 Å². The van der Waals surface area contributed by atoms with E-state index in [4.69, 9.17) is 0 Å². The number of hydrogen-bond donors (Lipinski definition) is 2. The molecule has 2 N–H and O–H groups in total. The van der Waals surface area contributed by atoms with Gasteiger partial charge in [-0.15, -0.1) is 0 Å². The van der Waals surface area contributed by atoms with Crippen LogP contribution >= 0.6 is 0 Å². The van der Waals surface area contributed by atoms with Gasteiger partial charge in [0.25, 0.3) is 0 Å². The van der Waals surface area contributed by atoms with Gasteiger partial charge >= 0.3 is 5.69 Å². The Morgan fingerprint density at radius 2 is 1.67 bits per heavy atom. The predicted molar refractivity (Wildman–Crippen MR) is 62.3 cm³/mol. The topological polar surface area (TPSA) is 48.6 Å². The second kappa shape index (κ2) is 3.93. The van der Waals surface area contributed by atoms with Crippen molar-refractivity contribution in [1.29, 1.82) is 0 Å². The van der Waals surface area contributed by atoms with Crippen LogP contribution in [0.25, 0.3) is 11.0 Å². The second-order valence-corrected chi connectivity index (χ2v) is 3.82. The van der Waals surface area contributed by atoms with Gasteiger partial charge in [0.1, 0.15) is 0 Å². The van der Waals surface area contributed by atoms with Crippen molar-refractivity contribution < 1.29 is 0 Å². The van der Waals surface area contributed by atoms with Crippen LogP contribution in [0.2, 0.25) is 0 Å². The summed E-state index contributed by atoms with van der Waals surface area (Å²) in [7, 11) is 0. The molecule has 3 heteroatoms. The summed E-state index contributed by atoms with van der Waals surface area (Å²) in [6.07, 6.45) is 3.04. The summed E-state index contributed by atoms with van der Waals surface area (Å²) in [4.78, 5) is 17.0. The fourth-order valence-corrected chi connectivity index (χ4v) is 2.01. The maximum atomic E-state index is 11.3. The molecule has 1 aromatic heterocycles. The first kappa shape index (κ1) is 10.0. The Balaban J connectivity index is 2.70. The van der Waals surface area contributed by atoms with E-state index in [-0.39, 0.29) is 5.69 Å². The summed E-state index contributed by atoms with van der Waals surface area (Å²) in [5, 5.41) is 0. The van der Waals surface area contributed by atoms with Crippen molar-refractivity contribution in [2.45, 2.75) is 33.1 Å². The minimum Gasteiger partial charge on any atom is -0.305 e. The molecule has 2 rings (SSSR count). The van der Waals surface area contributed by atoms with E-state index in [9.17, 15) is 4.79 Å². The molecule has 3 nitrogen and oxygen atoms in total. The molecule has 0 amide bonds. The lowest BCUT2D eigenvalue weighted by Crippen LogP contribution is -1.99. The zero-order chi connectivity index (χ0) is 10.8. The molecule has 1 aromatic carbocycles. The standard InChI is InChI=1S/C12H16N2O/c1-3-5-9-7-6-8(4-2)10-11(9)14-12(15)13-10/h6-7H,3-5H2,1-2H3,(H2,13,14,15). The summed E-state index contributed by atoms with van der Waals surface area (Å²) in [6, 6.07) is 4.23. The van der Waals surface area contributed by atoms with Crippen molar-refractivity contribution in [1.82, 2.24) is 9.97 Å². The zero-order valence-corrected chi connectivity index (χ0v) is 9.18. The highest BCUT2D eigenvalue weighted by Crippen LogP contribution is 2.19. The van der Waals surface area contributed by atoms with Gasteiger partial charge in [0.05, 0.1) is 11.0 Å². The first-order chi connectivity index (χ1) is 7.26. The average Bonchev–Trinajstić information content (AvgIpc) is 2.61. The number of aryl methyl sites for hydroxylation is 2. The molecule has 0 aliphatic carbocycles. The second-order valence-electron chi connectivity index (χ2n) is 3.82. The van der Waals surface area contributed by atoms with Crippen molar-refractivity contribution in [2.75, 3.05) is 0 Å². The Bertz CT molecular complexity index is 522. The lowest BCUT2D eigenvalue weighted by Gasteiger charge is -2.04. The molecule has 0 saturated carbocycles. The Morgan fingerprint density at radius 1 is 1.07 bits per heavy atom. The number of hydrogen-bond acceptors (Lipinski definition) is 1. The molecule has 0 atom stereocenters. The highest BCUT2D eigenvalue weighted by molar-refractivity contribution is 5.81. The molecule has 0 spiro atoms. The quantitative estimate of drug-likeness (QED) is 0.792. The first-order valence-electron chi connectivity index (χ1n) is 5.49. The highest BCUT2D eigenvalue weighted by atomic mass is 16.1. The van der Waals surface area contributed by atoms with E-state index in [2.05, 4.69) is 35.9 Å². The van der Waals surface area contributed by atoms with Crippen molar-refractivity contribution in [3.8, 4) is 0 Å². The summed E-state index contributed by atoms with van der Waals surface area (Å²) < 4.78 is 0. The summed E-state index contributed by atoms with van der Waals surface area (Å²) >= 11 is 0. The molecule has 0 aliphatic heterocycles. The maximum Gasteiger partial charge on any atom is 0.323 e. The van der Waals surface area contributed by atoms with E-state index < -0.39 is 0 Å². The SMILES string of the molecule is CCCc1ccc(CC)c2[nH]c(=O)[nH]c12. The third kappa shape index (κ3) is 1.69. The van der Waals surface area contributed by atoms with Gasteiger partial charge in [0.15, 0.2) is 0 Å². The van der Waals surface area contributed by atoms with Gasteiger partial charge in [-0.05, 0) is 24.0 Å². The number of aromatic nitrogens is 2. The first-order valence-corrected chi connectivity index (χ1v) is 5.49. The van der Waals surface area contributed by atoms with E-state index in [0.29, 0.717) is 0 Å². The molecule has 0 bridgehead atoms. The van der Waals surface area contributed by atoms with Gasteiger partial charge < -0.3 is 9.97 Å². The van der Waals surface area contributed by atoms with Gasteiger partial charge in [-0.3, -0.25) is 0 Å². The Kier molecular flexibility index (Phi) is 2.62. The van der Waals surface area contributed by atoms with Crippen LogP contribution in [0.1, 0.15) is 31.4 Å². The Labute approximate surface area is 88.5 Å². The average molecular weight is 204 g/mol. The lowest BCUT2D eigenvalue weighted by molar-refractivity contribution is 0.925. The molecule has 2 aromatic rings. The molecule has 1 heterocycles. The molecule has 0 aliphatic rings. The van der Waals surface area contributed by atoms with Crippen LogP contribution in [0.3, 0.4) is 0 Å². The van der Waals surface area contributed by atoms with Crippen LogP contribution in [0.5, 0.6) is 0 Å². The molecule has 15 heavy (non-hydrogen) atoms. The maximum absolute atomic E-state index is 11.3. The van der Waals surface area contributed by atoms with Crippen LogP contribution < -0.4 is 5.69 Å². The summed E-state index contributed by atoms with van der Waals surface area (Å²) in [5.41, 5.74) is 4.28. The number of H-pyrrole nitrogens is 2. The fourth-order valence-electron chi connectivity index (χ4n) is 2.01. The van der Waals surface area contributed by atoms with Crippen molar-refractivity contribution in [3.63, 3.8) is 0 Å². The number of nitrogens with one attached hydrogen (secondary N) is 2. The molecular weight excluding hydrogens is 188 g/mol. The largest absolute Gasteiger partial charge is 0.323 e. The molecule has 0 radical (unpaired) electrons.